The Hall–Kier alpha value is -2.60. The summed E-state index contributed by atoms with van der Waals surface area (Å²) < 4.78 is 54.2. The summed E-state index contributed by atoms with van der Waals surface area (Å²) in [4.78, 5) is 12.6. The molecule has 0 aliphatic carbocycles. The first-order chi connectivity index (χ1) is 16.3. The van der Waals surface area contributed by atoms with Gasteiger partial charge in [0.25, 0.3) is 10.0 Å². The number of rotatable bonds is 8. The van der Waals surface area contributed by atoms with Gasteiger partial charge in [-0.1, -0.05) is 33.6 Å². The molecule has 0 unspecified atom stereocenters. The summed E-state index contributed by atoms with van der Waals surface area (Å²) in [5.41, 5.74) is 2.62. The zero-order chi connectivity index (χ0) is 26.0. The summed E-state index contributed by atoms with van der Waals surface area (Å²) in [5, 5.41) is 3.03. The molecule has 2 N–H and O–H groups in total. The largest absolute Gasteiger partial charge is 0.325 e. The van der Waals surface area contributed by atoms with Crippen molar-refractivity contribution in [1.29, 1.82) is 0 Å². The van der Waals surface area contributed by atoms with Crippen molar-refractivity contribution in [2.75, 3.05) is 27.1 Å². The van der Waals surface area contributed by atoms with Gasteiger partial charge in [-0.3, -0.25) is 13.8 Å². The van der Waals surface area contributed by atoms with Crippen LogP contribution in [0.1, 0.15) is 11.1 Å². The Labute approximate surface area is 218 Å². The molecule has 3 aromatic rings. The monoisotopic (exact) mass is 599 g/mol. The number of amides is 1. The third-order valence-electron chi connectivity index (χ3n) is 4.99. The normalized spacial score (nSPS) is 11.7. The molecule has 1 amide bonds. The van der Waals surface area contributed by atoms with Crippen LogP contribution in [-0.4, -0.2) is 35.5 Å². The number of aryl methyl sites for hydroxylation is 2. The van der Waals surface area contributed by atoms with E-state index >= 15 is 0 Å². The molecule has 0 heterocycles. The van der Waals surface area contributed by atoms with Crippen LogP contribution < -0.4 is 14.3 Å². The predicted molar refractivity (Wildman–Crippen MR) is 143 cm³/mol. The first kappa shape index (κ1) is 27.0. The number of sulfonamides is 2. The fourth-order valence-corrected chi connectivity index (χ4v) is 5.43. The summed E-state index contributed by atoms with van der Waals surface area (Å²) in [7, 11) is -7.62. The number of hydrogen-bond donors (Lipinski definition) is 2. The zero-order valence-electron chi connectivity index (χ0n) is 19.0. The third-order valence-corrected chi connectivity index (χ3v) is 8.82. The Kier molecular flexibility index (Phi) is 8.15. The Balaban J connectivity index is 1.72. The van der Waals surface area contributed by atoms with E-state index in [0.29, 0.717) is 22.1 Å². The van der Waals surface area contributed by atoms with Crippen LogP contribution in [0.15, 0.2) is 70.0 Å². The number of carbonyl (C=O) groups excluding carboxylic acids is 1. The molecule has 186 valence electrons. The standard InChI is InChI=1S/C23H23BrClN3O5S2/c1-15-4-5-18(13-22(15)25)27-35(32,33)20-9-6-17(7-10-20)26-23(29)14-28(34(3,30)31)19-8-11-21(24)16(2)12-19/h4-13,27H,14H2,1-3H3,(H,26,29). The maximum atomic E-state index is 12.7. The Morgan fingerprint density at radius 1 is 0.914 bits per heavy atom. The quantitative estimate of drug-likeness (QED) is 0.381. The van der Waals surface area contributed by atoms with E-state index in [4.69, 9.17) is 11.6 Å². The smallest absolute Gasteiger partial charge is 0.261 e. The third kappa shape index (κ3) is 6.97. The minimum atomic E-state index is -3.88. The van der Waals surface area contributed by atoms with Gasteiger partial charge in [0.05, 0.1) is 22.5 Å². The van der Waals surface area contributed by atoms with E-state index in [-0.39, 0.29) is 4.90 Å². The van der Waals surface area contributed by atoms with Crippen molar-refractivity contribution in [2.24, 2.45) is 0 Å². The van der Waals surface area contributed by atoms with Gasteiger partial charge in [0.15, 0.2) is 0 Å². The molecule has 0 saturated carbocycles. The predicted octanol–water partition coefficient (Wildman–Crippen LogP) is 4.92. The number of benzene rings is 3. The Morgan fingerprint density at radius 2 is 1.54 bits per heavy atom. The molecule has 0 aliphatic heterocycles. The average Bonchev–Trinajstić information content (AvgIpc) is 2.76. The lowest BCUT2D eigenvalue weighted by molar-refractivity contribution is -0.114. The molecule has 0 atom stereocenters. The van der Waals surface area contributed by atoms with Crippen molar-refractivity contribution in [3.05, 3.63) is 81.3 Å². The van der Waals surface area contributed by atoms with E-state index in [1.165, 1.54) is 30.3 Å². The molecule has 35 heavy (non-hydrogen) atoms. The first-order valence-electron chi connectivity index (χ1n) is 10.2. The Bertz CT molecular complexity index is 1480. The summed E-state index contributed by atoms with van der Waals surface area (Å²) in [6.07, 6.45) is 1.02. The van der Waals surface area contributed by atoms with Gasteiger partial charge in [0.1, 0.15) is 6.54 Å². The number of nitrogens with one attached hydrogen (secondary N) is 2. The second-order valence-electron chi connectivity index (χ2n) is 7.85. The minimum absolute atomic E-state index is 0.0182. The van der Waals surface area contributed by atoms with E-state index in [9.17, 15) is 21.6 Å². The molecule has 12 heteroatoms. The highest BCUT2D eigenvalue weighted by Crippen LogP contribution is 2.25. The molecule has 0 saturated heterocycles. The van der Waals surface area contributed by atoms with Crippen molar-refractivity contribution in [3.63, 3.8) is 0 Å². The van der Waals surface area contributed by atoms with Crippen LogP contribution in [0.2, 0.25) is 5.02 Å². The molecular formula is C23H23BrClN3O5S2. The van der Waals surface area contributed by atoms with Crippen molar-refractivity contribution in [2.45, 2.75) is 18.7 Å². The SMILES string of the molecule is Cc1ccc(NS(=O)(=O)c2ccc(NC(=O)CN(c3ccc(Br)c(C)c3)S(C)(=O)=O)cc2)cc1Cl. The number of anilines is 3. The van der Waals surface area contributed by atoms with Crippen LogP contribution in [0, 0.1) is 13.8 Å². The molecule has 3 aromatic carbocycles. The average molecular weight is 601 g/mol. The van der Waals surface area contributed by atoms with E-state index in [0.717, 1.165) is 26.2 Å². The molecule has 0 spiro atoms. The van der Waals surface area contributed by atoms with Crippen molar-refractivity contribution < 1.29 is 21.6 Å². The van der Waals surface area contributed by atoms with Gasteiger partial charge in [-0.25, -0.2) is 16.8 Å². The highest BCUT2D eigenvalue weighted by atomic mass is 79.9. The number of carbonyl (C=O) groups is 1. The van der Waals surface area contributed by atoms with Crippen LogP contribution in [0.3, 0.4) is 0 Å². The van der Waals surface area contributed by atoms with E-state index in [2.05, 4.69) is 26.0 Å². The maximum absolute atomic E-state index is 12.7. The first-order valence-corrected chi connectivity index (χ1v) is 14.7. The molecule has 0 radical (unpaired) electrons. The molecule has 0 aliphatic rings. The maximum Gasteiger partial charge on any atom is 0.261 e. The van der Waals surface area contributed by atoms with Crippen LogP contribution >= 0.6 is 27.5 Å². The lowest BCUT2D eigenvalue weighted by atomic mass is 10.2. The molecule has 0 fully saturated rings. The topological polar surface area (TPSA) is 113 Å². The van der Waals surface area contributed by atoms with Crippen molar-refractivity contribution >= 4 is 70.5 Å². The van der Waals surface area contributed by atoms with E-state index < -0.39 is 32.5 Å². The molecule has 8 nitrogen and oxygen atoms in total. The highest BCUT2D eigenvalue weighted by molar-refractivity contribution is 9.10. The van der Waals surface area contributed by atoms with Crippen LogP contribution in [0.5, 0.6) is 0 Å². The molecule has 3 rings (SSSR count). The van der Waals surface area contributed by atoms with Crippen LogP contribution in [0.25, 0.3) is 0 Å². The van der Waals surface area contributed by atoms with Crippen LogP contribution in [-0.2, 0) is 24.8 Å². The van der Waals surface area contributed by atoms with Gasteiger partial charge in [0.2, 0.25) is 15.9 Å². The van der Waals surface area contributed by atoms with Gasteiger partial charge >= 0.3 is 0 Å². The van der Waals surface area contributed by atoms with E-state index in [1.54, 1.807) is 30.3 Å². The zero-order valence-corrected chi connectivity index (χ0v) is 23.0. The van der Waals surface area contributed by atoms with Crippen molar-refractivity contribution in [1.82, 2.24) is 0 Å². The summed E-state index contributed by atoms with van der Waals surface area (Å²) in [6.45, 7) is 3.17. The molecule has 0 bridgehead atoms. The minimum Gasteiger partial charge on any atom is -0.325 e. The second kappa shape index (κ2) is 10.6. The van der Waals surface area contributed by atoms with E-state index in [1.807, 2.05) is 13.8 Å². The van der Waals surface area contributed by atoms with Gasteiger partial charge in [-0.05, 0) is 79.6 Å². The number of nitrogens with zero attached hydrogens (tertiary/aromatic N) is 1. The fourth-order valence-electron chi connectivity index (χ4n) is 3.10. The van der Waals surface area contributed by atoms with Gasteiger partial charge < -0.3 is 5.32 Å². The fraction of sp³-hybridized carbons (Fsp3) is 0.174. The van der Waals surface area contributed by atoms with Gasteiger partial charge in [0, 0.05) is 15.2 Å². The molecular weight excluding hydrogens is 578 g/mol. The lowest BCUT2D eigenvalue weighted by Gasteiger charge is -2.22. The van der Waals surface area contributed by atoms with Gasteiger partial charge in [-0.15, -0.1) is 0 Å². The lowest BCUT2D eigenvalue weighted by Crippen LogP contribution is -2.37. The molecule has 0 aromatic heterocycles. The van der Waals surface area contributed by atoms with Crippen molar-refractivity contribution in [3.8, 4) is 0 Å². The highest BCUT2D eigenvalue weighted by Gasteiger charge is 2.22. The number of hydrogen-bond acceptors (Lipinski definition) is 5. The van der Waals surface area contributed by atoms with Gasteiger partial charge in [-0.2, -0.15) is 0 Å². The summed E-state index contributed by atoms with van der Waals surface area (Å²) in [5.74, 6) is -0.584. The Morgan fingerprint density at radius 3 is 2.11 bits per heavy atom. The summed E-state index contributed by atoms with van der Waals surface area (Å²) in [6, 6.07) is 15.3. The second-order valence-corrected chi connectivity index (χ2v) is 12.7. The summed E-state index contributed by atoms with van der Waals surface area (Å²) >= 11 is 9.43. The van der Waals surface area contributed by atoms with Crippen LogP contribution in [0.4, 0.5) is 17.1 Å². The number of halogens is 2.